The van der Waals surface area contributed by atoms with Crippen LogP contribution < -0.4 is 0 Å². The van der Waals surface area contributed by atoms with Crippen LogP contribution in [0.15, 0.2) is 42.9 Å². The minimum atomic E-state index is -2.60. The molecule has 0 atom stereocenters. The fourth-order valence-electron chi connectivity index (χ4n) is 2.36. The number of halogens is 2. The van der Waals surface area contributed by atoms with Crippen LogP contribution >= 0.6 is 0 Å². The quantitative estimate of drug-likeness (QED) is 0.797. The van der Waals surface area contributed by atoms with Crippen molar-refractivity contribution in [2.24, 2.45) is 0 Å². The molecule has 4 nitrogen and oxygen atoms in total. The molecule has 0 amide bonds. The van der Waals surface area contributed by atoms with Gasteiger partial charge in [-0.25, -0.2) is 4.98 Å². The lowest BCUT2D eigenvalue weighted by molar-refractivity contribution is 0.0667. The average molecular weight is 277 g/mol. The van der Waals surface area contributed by atoms with E-state index in [1.54, 1.807) is 0 Å². The molecule has 0 saturated heterocycles. The maximum absolute atomic E-state index is 12.8. The summed E-state index contributed by atoms with van der Waals surface area (Å²) in [5, 5.41) is 10.2. The lowest BCUT2D eigenvalue weighted by Gasteiger charge is -2.09. The third kappa shape index (κ3) is 2.08. The molecule has 20 heavy (non-hydrogen) atoms. The van der Waals surface area contributed by atoms with E-state index in [0.717, 1.165) is 21.0 Å². The van der Waals surface area contributed by atoms with Crippen LogP contribution in [0.1, 0.15) is 17.9 Å². The van der Waals surface area contributed by atoms with Gasteiger partial charge in [-0.05, 0) is 17.7 Å². The first-order valence-electron chi connectivity index (χ1n) is 6.18. The molecule has 6 heteroatoms. The van der Waals surface area contributed by atoms with E-state index >= 15 is 0 Å². The standard InChI is InChI=1S/C14H13F2N3O/c15-14(16)19-7-5-17-13(19)8-18-6-4-11-10(9-20)2-1-3-12(11)18/h1-7,14,20H,8-9H2. The van der Waals surface area contributed by atoms with Gasteiger partial charge in [0.25, 0.3) is 0 Å². The zero-order valence-electron chi connectivity index (χ0n) is 10.6. The maximum atomic E-state index is 12.8. The van der Waals surface area contributed by atoms with Gasteiger partial charge in [-0.15, -0.1) is 0 Å². The second-order valence-electron chi connectivity index (χ2n) is 4.48. The van der Waals surface area contributed by atoms with Crippen LogP contribution in [0.25, 0.3) is 10.9 Å². The molecule has 1 aromatic carbocycles. The van der Waals surface area contributed by atoms with E-state index in [4.69, 9.17) is 0 Å². The van der Waals surface area contributed by atoms with Crippen LogP contribution in [0.4, 0.5) is 8.78 Å². The van der Waals surface area contributed by atoms with Gasteiger partial charge in [-0.1, -0.05) is 12.1 Å². The summed E-state index contributed by atoms with van der Waals surface area (Å²) in [6.45, 7) is -2.38. The molecule has 1 N–H and O–H groups in total. The third-order valence-electron chi connectivity index (χ3n) is 3.35. The summed E-state index contributed by atoms with van der Waals surface area (Å²) in [7, 11) is 0. The van der Waals surface area contributed by atoms with Gasteiger partial charge in [-0.2, -0.15) is 8.78 Å². The smallest absolute Gasteiger partial charge is 0.319 e. The topological polar surface area (TPSA) is 43.0 Å². The highest BCUT2D eigenvalue weighted by Crippen LogP contribution is 2.22. The third-order valence-corrected chi connectivity index (χ3v) is 3.35. The number of nitrogens with zero attached hydrogens (tertiary/aromatic N) is 3. The fraction of sp³-hybridized carbons (Fsp3) is 0.214. The molecule has 0 spiro atoms. The number of aromatic nitrogens is 3. The van der Waals surface area contributed by atoms with E-state index in [9.17, 15) is 13.9 Å². The molecule has 0 unspecified atom stereocenters. The molecule has 3 rings (SSSR count). The number of aliphatic hydroxyl groups is 1. The SMILES string of the molecule is OCc1cccc2c1ccn2Cc1nccn1C(F)F. The Morgan fingerprint density at radius 2 is 2.05 bits per heavy atom. The Balaban J connectivity index is 2.01. The highest BCUT2D eigenvalue weighted by atomic mass is 19.3. The Kier molecular flexibility index (Phi) is 3.23. The first-order chi connectivity index (χ1) is 9.70. The van der Waals surface area contributed by atoms with Crippen molar-refractivity contribution in [2.75, 3.05) is 0 Å². The van der Waals surface area contributed by atoms with Crippen molar-refractivity contribution >= 4 is 10.9 Å². The predicted octanol–water partition coefficient (Wildman–Crippen LogP) is 2.77. The van der Waals surface area contributed by atoms with Gasteiger partial charge in [0, 0.05) is 29.5 Å². The molecule has 2 aromatic heterocycles. The van der Waals surface area contributed by atoms with Crippen molar-refractivity contribution in [3.63, 3.8) is 0 Å². The van der Waals surface area contributed by atoms with Crippen LogP contribution in [0, 0.1) is 0 Å². The van der Waals surface area contributed by atoms with Gasteiger partial charge in [-0.3, -0.25) is 4.57 Å². The van der Waals surface area contributed by atoms with Gasteiger partial charge in [0.1, 0.15) is 5.82 Å². The van der Waals surface area contributed by atoms with E-state index in [0.29, 0.717) is 5.82 Å². The first kappa shape index (κ1) is 12.8. The largest absolute Gasteiger partial charge is 0.392 e. The van der Waals surface area contributed by atoms with Crippen molar-refractivity contribution in [3.8, 4) is 0 Å². The van der Waals surface area contributed by atoms with Crippen molar-refractivity contribution in [2.45, 2.75) is 19.7 Å². The minimum absolute atomic E-state index is 0.0486. The molecular formula is C14H13F2N3O. The van der Waals surface area contributed by atoms with Crippen LogP contribution in [0.3, 0.4) is 0 Å². The number of hydrogen-bond acceptors (Lipinski definition) is 2. The highest BCUT2D eigenvalue weighted by Gasteiger charge is 2.13. The van der Waals surface area contributed by atoms with Crippen molar-refractivity contribution < 1.29 is 13.9 Å². The maximum Gasteiger partial charge on any atom is 0.319 e. The second-order valence-corrected chi connectivity index (χ2v) is 4.48. The van der Waals surface area contributed by atoms with Crippen LogP contribution in [0.5, 0.6) is 0 Å². The number of rotatable bonds is 4. The zero-order valence-corrected chi connectivity index (χ0v) is 10.6. The molecule has 0 bridgehead atoms. The Labute approximate surface area is 113 Å². The molecule has 0 aliphatic rings. The molecule has 0 aliphatic carbocycles. The summed E-state index contributed by atoms with van der Waals surface area (Å²) in [6.07, 6.45) is 4.45. The molecule has 2 heterocycles. The molecule has 3 aromatic rings. The number of benzene rings is 1. The van der Waals surface area contributed by atoms with E-state index in [1.165, 1.54) is 12.4 Å². The second kappa shape index (κ2) is 5.05. The van der Waals surface area contributed by atoms with Gasteiger partial charge in [0.2, 0.25) is 0 Å². The van der Waals surface area contributed by atoms with E-state index in [-0.39, 0.29) is 13.2 Å². The van der Waals surface area contributed by atoms with Crippen molar-refractivity contribution in [1.29, 1.82) is 0 Å². The lowest BCUT2D eigenvalue weighted by Crippen LogP contribution is -2.08. The number of aliphatic hydroxyl groups excluding tert-OH is 1. The molecule has 0 fully saturated rings. The summed E-state index contributed by atoms with van der Waals surface area (Å²) in [4.78, 5) is 3.97. The van der Waals surface area contributed by atoms with Gasteiger partial charge in [0.15, 0.2) is 0 Å². The molecule has 0 radical (unpaired) electrons. The first-order valence-corrected chi connectivity index (χ1v) is 6.18. The minimum Gasteiger partial charge on any atom is -0.392 e. The summed E-state index contributed by atoms with van der Waals surface area (Å²) in [5.74, 6) is 0.298. The zero-order chi connectivity index (χ0) is 14.1. The van der Waals surface area contributed by atoms with Crippen molar-refractivity contribution in [1.82, 2.24) is 14.1 Å². The predicted molar refractivity (Wildman–Crippen MR) is 70.4 cm³/mol. The summed E-state index contributed by atoms with van der Waals surface area (Å²) >= 11 is 0. The normalized spacial score (nSPS) is 11.6. The highest BCUT2D eigenvalue weighted by molar-refractivity contribution is 5.83. The lowest BCUT2D eigenvalue weighted by atomic mass is 10.1. The van der Waals surface area contributed by atoms with E-state index in [2.05, 4.69) is 4.98 Å². The number of imidazole rings is 1. The Morgan fingerprint density at radius 1 is 1.20 bits per heavy atom. The Bertz CT molecular complexity index is 733. The molecule has 0 saturated carbocycles. The molecule has 0 aliphatic heterocycles. The monoisotopic (exact) mass is 277 g/mol. The van der Waals surface area contributed by atoms with Crippen LogP contribution in [0.2, 0.25) is 0 Å². The Hall–Kier alpha value is -2.21. The molecular weight excluding hydrogens is 264 g/mol. The van der Waals surface area contributed by atoms with Crippen LogP contribution in [-0.2, 0) is 13.2 Å². The van der Waals surface area contributed by atoms with Crippen molar-refractivity contribution in [3.05, 3.63) is 54.2 Å². The van der Waals surface area contributed by atoms with E-state index in [1.807, 2.05) is 35.0 Å². The molecule has 104 valence electrons. The average Bonchev–Trinajstić information content (AvgIpc) is 3.06. The summed E-state index contributed by atoms with van der Waals surface area (Å²) in [5.41, 5.74) is 1.71. The van der Waals surface area contributed by atoms with Gasteiger partial charge >= 0.3 is 6.55 Å². The fourth-order valence-corrected chi connectivity index (χ4v) is 2.36. The number of hydrogen-bond donors (Lipinski definition) is 1. The van der Waals surface area contributed by atoms with Gasteiger partial charge < -0.3 is 9.67 Å². The summed E-state index contributed by atoms with van der Waals surface area (Å²) < 4.78 is 28.3. The Morgan fingerprint density at radius 3 is 2.80 bits per heavy atom. The van der Waals surface area contributed by atoms with E-state index < -0.39 is 6.55 Å². The number of alkyl halides is 2. The van der Waals surface area contributed by atoms with Crippen LogP contribution in [-0.4, -0.2) is 19.2 Å². The number of fused-ring (bicyclic) bond motifs is 1. The van der Waals surface area contributed by atoms with Gasteiger partial charge in [0.05, 0.1) is 13.2 Å². The summed E-state index contributed by atoms with van der Waals surface area (Å²) in [6, 6.07) is 7.44.